The summed E-state index contributed by atoms with van der Waals surface area (Å²) in [6.07, 6.45) is 1.50. The Hall–Kier alpha value is -3.63. The molecule has 0 saturated carbocycles. The normalized spacial score (nSPS) is 12.1. The van der Waals surface area contributed by atoms with Crippen molar-refractivity contribution in [1.29, 1.82) is 0 Å². The SMILES string of the molecule is COC(=O)c1cn([C@@H](CC(=O)O)c2ccc(F)c(F)c2F)cc2c(=O)[nH]nc1-2. The Labute approximate surface area is 154 Å². The molecule has 1 aromatic rings. The number of carbonyl (C=O) groups excluding carboxylic acids is 1. The Bertz CT molecular complexity index is 1110. The first-order valence-electron chi connectivity index (χ1n) is 7.78. The van der Waals surface area contributed by atoms with Crippen molar-refractivity contribution >= 4 is 11.9 Å². The second kappa shape index (κ2) is 7.18. The van der Waals surface area contributed by atoms with Crippen LogP contribution in [0.3, 0.4) is 0 Å². The lowest BCUT2D eigenvalue weighted by atomic mass is 10.0. The summed E-state index contributed by atoms with van der Waals surface area (Å²) >= 11 is 0. The number of halogens is 3. The molecule has 2 heterocycles. The molecule has 0 saturated heterocycles. The van der Waals surface area contributed by atoms with Gasteiger partial charge in [-0.2, -0.15) is 5.10 Å². The smallest absolute Gasteiger partial charge is 0.341 e. The van der Waals surface area contributed by atoms with E-state index in [0.717, 1.165) is 30.1 Å². The number of methoxy groups -OCH3 is 1. The number of esters is 1. The average molecular weight is 395 g/mol. The number of rotatable bonds is 5. The van der Waals surface area contributed by atoms with E-state index in [2.05, 4.69) is 14.9 Å². The van der Waals surface area contributed by atoms with Gasteiger partial charge in [-0.3, -0.25) is 9.59 Å². The second-order valence-electron chi connectivity index (χ2n) is 5.80. The number of aromatic amines is 1. The fraction of sp³-hybridized carbons (Fsp3) is 0.176. The molecule has 3 rings (SSSR count). The topological polar surface area (TPSA) is 114 Å². The maximum absolute atomic E-state index is 14.3. The molecule has 0 aromatic heterocycles. The third kappa shape index (κ3) is 3.21. The van der Waals surface area contributed by atoms with Crippen molar-refractivity contribution in [2.24, 2.45) is 0 Å². The number of hydrogen-bond acceptors (Lipinski definition) is 5. The maximum atomic E-state index is 14.3. The molecule has 2 aliphatic rings. The lowest BCUT2D eigenvalue weighted by Crippen LogP contribution is -2.20. The largest absolute Gasteiger partial charge is 0.481 e. The van der Waals surface area contributed by atoms with Crippen LogP contribution in [0, 0.1) is 17.5 Å². The van der Waals surface area contributed by atoms with Crippen LogP contribution in [-0.4, -0.2) is 38.9 Å². The number of benzene rings is 1. The molecule has 2 N–H and O–H groups in total. The van der Waals surface area contributed by atoms with Gasteiger partial charge in [0.2, 0.25) is 0 Å². The van der Waals surface area contributed by atoms with Gasteiger partial charge >= 0.3 is 11.9 Å². The Kier molecular flexibility index (Phi) is 4.91. The molecule has 8 nitrogen and oxygen atoms in total. The maximum Gasteiger partial charge on any atom is 0.341 e. The first-order chi connectivity index (χ1) is 13.2. The molecule has 0 bridgehead atoms. The van der Waals surface area contributed by atoms with Gasteiger partial charge in [0.05, 0.1) is 25.1 Å². The number of nitrogens with zero attached hydrogens (tertiary/aromatic N) is 2. The first kappa shape index (κ1) is 19.1. The van der Waals surface area contributed by atoms with E-state index in [1.54, 1.807) is 0 Å². The van der Waals surface area contributed by atoms with Crippen LogP contribution in [0.15, 0.2) is 29.3 Å². The number of pyridine rings is 1. The fourth-order valence-corrected chi connectivity index (χ4v) is 2.84. The highest BCUT2D eigenvalue weighted by Gasteiger charge is 2.28. The predicted molar refractivity (Wildman–Crippen MR) is 87.5 cm³/mol. The minimum absolute atomic E-state index is 0.0343. The van der Waals surface area contributed by atoms with Crippen LogP contribution in [0.1, 0.15) is 28.4 Å². The highest BCUT2D eigenvalue weighted by atomic mass is 19.2. The van der Waals surface area contributed by atoms with Crippen molar-refractivity contribution in [2.45, 2.75) is 12.5 Å². The van der Waals surface area contributed by atoms with Crippen LogP contribution in [0.4, 0.5) is 13.2 Å². The quantitative estimate of drug-likeness (QED) is 0.504. The van der Waals surface area contributed by atoms with Gasteiger partial charge in [-0.05, 0) is 6.07 Å². The summed E-state index contributed by atoms with van der Waals surface area (Å²) in [4.78, 5) is 35.3. The number of carboxylic acids is 1. The summed E-state index contributed by atoms with van der Waals surface area (Å²) in [6.45, 7) is 0. The van der Waals surface area contributed by atoms with Crippen LogP contribution < -0.4 is 5.56 Å². The highest BCUT2D eigenvalue weighted by Crippen LogP contribution is 2.30. The zero-order valence-electron chi connectivity index (χ0n) is 14.2. The van der Waals surface area contributed by atoms with E-state index in [1.807, 2.05) is 0 Å². The molecule has 1 aromatic carbocycles. The summed E-state index contributed by atoms with van der Waals surface area (Å²) in [5, 5.41) is 15.1. The summed E-state index contributed by atoms with van der Waals surface area (Å²) in [5.74, 6) is -7.05. The van der Waals surface area contributed by atoms with E-state index in [4.69, 9.17) is 0 Å². The van der Waals surface area contributed by atoms with Gasteiger partial charge < -0.3 is 14.4 Å². The van der Waals surface area contributed by atoms with Crippen LogP contribution in [0.2, 0.25) is 0 Å². The minimum atomic E-state index is -1.77. The van der Waals surface area contributed by atoms with Crippen molar-refractivity contribution in [1.82, 2.24) is 14.8 Å². The predicted octanol–water partition coefficient (Wildman–Crippen LogP) is 1.94. The summed E-state index contributed by atoms with van der Waals surface area (Å²) in [6, 6.07) is 0.151. The molecule has 146 valence electrons. The number of aliphatic carboxylic acids is 1. The van der Waals surface area contributed by atoms with E-state index >= 15 is 0 Å². The van der Waals surface area contributed by atoms with Crippen LogP contribution in [0.25, 0.3) is 11.3 Å². The van der Waals surface area contributed by atoms with E-state index in [-0.39, 0.29) is 16.8 Å². The molecule has 2 aliphatic heterocycles. The van der Waals surface area contributed by atoms with Gasteiger partial charge in [-0.1, -0.05) is 6.07 Å². The number of aromatic nitrogens is 3. The van der Waals surface area contributed by atoms with Gasteiger partial charge in [-0.15, -0.1) is 0 Å². The molecule has 0 amide bonds. The van der Waals surface area contributed by atoms with Crippen LogP contribution in [-0.2, 0) is 9.53 Å². The number of ether oxygens (including phenoxy) is 1. The number of nitrogens with one attached hydrogen (secondary N) is 1. The average Bonchev–Trinajstić information content (AvgIpc) is 3.04. The molecule has 28 heavy (non-hydrogen) atoms. The summed E-state index contributed by atoms with van der Waals surface area (Å²) < 4.78 is 46.9. The number of carbonyl (C=O) groups is 2. The Morgan fingerprint density at radius 1 is 1.25 bits per heavy atom. The number of carboxylic acid groups (broad SMARTS) is 1. The number of H-pyrrole nitrogens is 1. The number of fused-ring (bicyclic) bond motifs is 1. The van der Waals surface area contributed by atoms with Gasteiger partial charge in [-0.25, -0.2) is 23.1 Å². The Morgan fingerprint density at radius 3 is 2.61 bits per heavy atom. The van der Waals surface area contributed by atoms with E-state index in [9.17, 15) is 32.7 Å². The standard InChI is InChI=1S/C17H12F3N3O5/c1-28-17(27)9-6-23(5-8-15(9)21-22-16(8)26)11(4-12(24)25)7-2-3-10(18)14(20)13(7)19/h2-3,5-6,11H,4H2,1H3,(H,22,26)(H,24,25)/t11-/m0/s1. The lowest BCUT2D eigenvalue weighted by molar-refractivity contribution is -0.137. The second-order valence-corrected chi connectivity index (χ2v) is 5.80. The van der Waals surface area contributed by atoms with Crippen molar-refractivity contribution in [3.05, 3.63) is 63.5 Å². The third-order valence-corrected chi connectivity index (χ3v) is 4.14. The Morgan fingerprint density at radius 2 is 1.96 bits per heavy atom. The molecule has 0 spiro atoms. The molecule has 0 fully saturated rings. The van der Waals surface area contributed by atoms with E-state index in [1.165, 1.54) is 0 Å². The third-order valence-electron chi connectivity index (χ3n) is 4.14. The van der Waals surface area contributed by atoms with Gasteiger partial charge in [0.1, 0.15) is 11.3 Å². The Balaban J connectivity index is 2.28. The minimum Gasteiger partial charge on any atom is -0.481 e. The highest BCUT2D eigenvalue weighted by molar-refractivity contribution is 5.96. The van der Waals surface area contributed by atoms with Gasteiger partial charge in [0, 0.05) is 18.0 Å². The first-order valence-corrected chi connectivity index (χ1v) is 7.78. The summed E-state index contributed by atoms with van der Waals surface area (Å²) in [5.41, 5.74) is -1.49. The molecular formula is C17H12F3N3O5. The zero-order valence-corrected chi connectivity index (χ0v) is 14.2. The van der Waals surface area contributed by atoms with Crippen molar-refractivity contribution in [3.8, 4) is 11.3 Å². The zero-order chi connectivity index (χ0) is 20.6. The molecule has 11 heteroatoms. The molecule has 1 atom stereocenters. The van der Waals surface area contributed by atoms with Gasteiger partial charge in [0.15, 0.2) is 17.5 Å². The monoisotopic (exact) mass is 395 g/mol. The molecular weight excluding hydrogens is 383 g/mol. The van der Waals surface area contributed by atoms with E-state index in [0.29, 0.717) is 6.07 Å². The summed E-state index contributed by atoms with van der Waals surface area (Å²) in [7, 11) is 1.08. The van der Waals surface area contributed by atoms with E-state index < -0.39 is 53.0 Å². The van der Waals surface area contributed by atoms with Gasteiger partial charge in [0.25, 0.3) is 5.56 Å². The molecule has 0 radical (unpaired) electrons. The molecule has 0 unspecified atom stereocenters. The molecule has 0 aliphatic carbocycles. The fourth-order valence-electron chi connectivity index (χ4n) is 2.84. The van der Waals surface area contributed by atoms with Crippen molar-refractivity contribution in [2.75, 3.05) is 7.11 Å². The van der Waals surface area contributed by atoms with Crippen LogP contribution >= 0.6 is 0 Å². The van der Waals surface area contributed by atoms with Crippen LogP contribution in [0.5, 0.6) is 0 Å². The lowest BCUT2D eigenvalue weighted by Gasteiger charge is -2.22. The number of hydrogen-bond donors (Lipinski definition) is 2. The van der Waals surface area contributed by atoms with Crippen molar-refractivity contribution < 1.29 is 32.6 Å². The van der Waals surface area contributed by atoms with Crippen molar-refractivity contribution in [3.63, 3.8) is 0 Å².